The smallest absolute Gasteiger partial charge is 0.303 e. The molecule has 1 heterocycles. The van der Waals surface area contributed by atoms with Crippen LogP contribution in [0.3, 0.4) is 0 Å². The van der Waals surface area contributed by atoms with E-state index in [9.17, 15) is 9.59 Å². The zero-order valence-electron chi connectivity index (χ0n) is 15.6. The van der Waals surface area contributed by atoms with Crippen LogP contribution in [-0.2, 0) is 9.59 Å². The number of carboxylic acids is 1. The molecule has 4 N–H and O–H groups in total. The van der Waals surface area contributed by atoms with Crippen LogP contribution in [0.4, 0.5) is 0 Å². The maximum absolute atomic E-state index is 10.9. The van der Waals surface area contributed by atoms with Crippen molar-refractivity contribution in [1.82, 2.24) is 5.32 Å². The van der Waals surface area contributed by atoms with Crippen molar-refractivity contribution in [2.45, 2.75) is 54.4 Å². The lowest BCUT2D eigenvalue weighted by molar-refractivity contribution is -0.138. The van der Waals surface area contributed by atoms with Gasteiger partial charge in [-0.1, -0.05) is 41.5 Å². The number of hydrogen-bond acceptors (Lipinski definition) is 3. The largest absolute Gasteiger partial charge is 0.481 e. The van der Waals surface area contributed by atoms with Gasteiger partial charge in [0.1, 0.15) is 0 Å². The van der Waals surface area contributed by atoms with Gasteiger partial charge in [-0.2, -0.15) is 0 Å². The van der Waals surface area contributed by atoms with Crippen LogP contribution in [0.15, 0.2) is 0 Å². The maximum Gasteiger partial charge on any atom is 0.303 e. The summed E-state index contributed by atoms with van der Waals surface area (Å²) in [4.78, 5) is 21.3. The molecule has 0 saturated carbocycles. The van der Waals surface area contributed by atoms with Gasteiger partial charge < -0.3 is 16.2 Å². The molecule has 1 rings (SSSR count). The highest BCUT2D eigenvalue weighted by molar-refractivity contribution is 5.78. The zero-order chi connectivity index (χ0) is 18.2. The molecule has 1 aliphatic rings. The minimum Gasteiger partial charge on any atom is -0.481 e. The number of aliphatic carboxylic acids is 1. The molecule has 1 amide bonds. The van der Waals surface area contributed by atoms with Crippen molar-refractivity contribution in [2.75, 3.05) is 13.1 Å². The van der Waals surface area contributed by atoms with Crippen molar-refractivity contribution in [3.05, 3.63) is 0 Å². The highest BCUT2D eigenvalue weighted by atomic mass is 16.4. The summed E-state index contributed by atoms with van der Waals surface area (Å²) < 4.78 is 0. The molecular formula is C18H36N2O3. The lowest BCUT2D eigenvalue weighted by atomic mass is 9.83. The van der Waals surface area contributed by atoms with E-state index in [1.165, 1.54) is 0 Å². The molecule has 1 saturated heterocycles. The predicted octanol–water partition coefficient (Wildman–Crippen LogP) is 2.74. The van der Waals surface area contributed by atoms with Gasteiger partial charge in [0, 0.05) is 19.4 Å². The first-order valence-corrected chi connectivity index (χ1v) is 8.78. The number of hydrogen-bond donors (Lipinski definition) is 3. The minimum atomic E-state index is -0.752. The summed E-state index contributed by atoms with van der Waals surface area (Å²) in [6, 6.07) is 0. The van der Waals surface area contributed by atoms with Crippen molar-refractivity contribution in [1.29, 1.82) is 0 Å². The van der Waals surface area contributed by atoms with E-state index in [0.717, 1.165) is 13.0 Å². The fourth-order valence-electron chi connectivity index (χ4n) is 2.80. The average Bonchev–Trinajstić information content (AvgIpc) is 2.89. The molecule has 0 unspecified atom stereocenters. The Bertz CT molecular complexity index is 369. The molecule has 0 aliphatic carbocycles. The molecule has 5 heteroatoms. The summed E-state index contributed by atoms with van der Waals surface area (Å²) in [6.07, 6.45) is 0.926. The van der Waals surface area contributed by atoms with Crippen LogP contribution >= 0.6 is 0 Å². The third-order valence-electron chi connectivity index (χ3n) is 5.34. The molecule has 0 spiro atoms. The number of rotatable bonds is 7. The molecule has 4 atom stereocenters. The standard InChI is InChI=1S/C9H19NO2.C9H17NO/c1-6(2)7(3)8(5-10)4-9(11)12;1-6(2)7(3)8-4-9(11)10-5-8/h6-8H,4-5,10H2,1-3H3,(H,11,12);6-8H,4-5H2,1-3H3,(H,10,11)/t2*7-,8-/m00/s1. The summed E-state index contributed by atoms with van der Waals surface area (Å²) in [5, 5.41) is 11.5. The Labute approximate surface area is 141 Å². The Balaban J connectivity index is 0.000000422. The molecule has 0 aromatic heterocycles. The second kappa shape index (κ2) is 10.6. The number of carboxylic acid groups (broad SMARTS) is 1. The second-order valence-corrected chi connectivity index (χ2v) is 7.57. The van der Waals surface area contributed by atoms with Crippen molar-refractivity contribution in [3.8, 4) is 0 Å². The summed E-state index contributed by atoms with van der Waals surface area (Å²) in [7, 11) is 0. The first-order valence-electron chi connectivity index (χ1n) is 8.78. The molecule has 1 aliphatic heterocycles. The lowest BCUT2D eigenvalue weighted by Gasteiger charge is -2.24. The van der Waals surface area contributed by atoms with Gasteiger partial charge in [0.15, 0.2) is 0 Å². The molecule has 0 aromatic rings. The van der Waals surface area contributed by atoms with Crippen LogP contribution in [0.5, 0.6) is 0 Å². The van der Waals surface area contributed by atoms with Crippen molar-refractivity contribution < 1.29 is 14.7 Å². The number of carbonyl (C=O) groups excluding carboxylic acids is 1. The first-order chi connectivity index (χ1) is 10.6. The highest BCUT2D eigenvalue weighted by Gasteiger charge is 2.27. The monoisotopic (exact) mass is 328 g/mol. The Morgan fingerprint density at radius 3 is 2.09 bits per heavy atom. The van der Waals surface area contributed by atoms with Gasteiger partial charge in [-0.05, 0) is 42.1 Å². The van der Waals surface area contributed by atoms with Gasteiger partial charge >= 0.3 is 5.97 Å². The van der Waals surface area contributed by atoms with Crippen LogP contribution < -0.4 is 11.1 Å². The van der Waals surface area contributed by atoms with E-state index >= 15 is 0 Å². The molecule has 0 bridgehead atoms. The predicted molar refractivity (Wildman–Crippen MR) is 93.9 cm³/mol. The maximum atomic E-state index is 10.9. The van der Waals surface area contributed by atoms with Gasteiger partial charge in [-0.15, -0.1) is 0 Å². The number of nitrogens with two attached hydrogens (primary N) is 1. The summed E-state index contributed by atoms with van der Waals surface area (Å²) in [5.74, 6) is 2.39. The number of carbonyl (C=O) groups is 2. The molecule has 5 nitrogen and oxygen atoms in total. The van der Waals surface area contributed by atoms with Crippen molar-refractivity contribution >= 4 is 11.9 Å². The summed E-state index contributed by atoms with van der Waals surface area (Å²) in [5.41, 5.74) is 5.50. The van der Waals surface area contributed by atoms with Crippen molar-refractivity contribution in [2.24, 2.45) is 41.2 Å². The second-order valence-electron chi connectivity index (χ2n) is 7.57. The van der Waals surface area contributed by atoms with Gasteiger partial charge in [0.25, 0.3) is 0 Å². The van der Waals surface area contributed by atoms with Gasteiger partial charge in [0.2, 0.25) is 5.91 Å². The van der Waals surface area contributed by atoms with E-state index in [1.807, 2.05) is 0 Å². The van der Waals surface area contributed by atoms with Crippen LogP contribution in [0.25, 0.3) is 0 Å². The van der Waals surface area contributed by atoms with E-state index in [2.05, 4.69) is 46.9 Å². The molecular weight excluding hydrogens is 292 g/mol. The van der Waals surface area contributed by atoms with Gasteiger partial charge in [-0.3, -0.25) is 9.59 Å². The Morgan fingerprint density at radius 1 is 1.22 bits per heavy atom. The van der Waals surface area contributed by atoms with Crippen LogP contribution in [0, 0.1) is 35.5 Å². The third kappa shape index (κ3) is 8.35. The van der Waals surface area contributed by atoms with Crippen LogP contribution in [-0.4, -0.2) is 30.1 Å². The normalized spacial score (nSPS) is 21.4. The molecule has 1 fully saturated rings. The lowest BCUT2D eigenvalue weighted by Crippen LogP contribution is -2.27. The molecule has 0 aromatic carbocycles. The van der Waals surface area contributed by atoms with Crippen LogP contribution in [0.1, 0.15) is 54.4 Å². The fourth-order valence-corrected chi connectivity index (χ4v) is 2.80. The highest BCUT2D eigenvalue weighted by Crippen LogP contribution is 2.25. The molecule has 0 radical (unpaired) electrons. The van der Waals surface area contributed by atoms with Crippen molar-refractivity contribution in [3.63, 3.8) is 0 Å². The number of amides is 1. The minimum absolute atomic E-state index is 0.113. The first kappa shape index (κ1) is 21.9. The topological polar surface area (TPSA) is 92.4 Å². The fraction of sp³-hybridized carbons (Fsp3) is 0.889. The third-order valence-corrected chi connectivity index (χ3v) is 5.34. The van der Waals surface area contributed by atoms with E-state index in [0.29, 0.717) is 36.1 Å². The summed E-state index contributed by atoms with van der Waals surface area (Å²) in [6.45, 7) is 14.3. The van der Waals surface area contributed by atoms with E-state index in [1.54, 1.807) is 0 Å². The Kier molecular flexibility index (Phi) is 10.1. The van der Waals surface area contributed by atoms with Gasteiger partial charge in [-0.25, -0.2) is 0 Å². The van der Waals surface area contributed by atoms with Crippen LogP contribution in [0.2, 0.25) is 0 Å². The van der Waals surface area contributed by atoms with E-state index < -0.39 is 5.97 Å². The molecule has 136 valence electrons. The average molecular weight is 328 g/mol. The zero-order valence-corrected chi connectivity index (χ0v) is 15.6. The van der Waals surface area contributed by atoms with E-state index in [-0.39, 0.29) is 18.2 Å². The Morgan fingerprint density at radius 2 is 1.78 bits per heavy atom. The Hall–Kier alpha value is -1.10. The van der Waals surface area contributed by atoms with E-state index in [4.69, 9.17) is 10.8 Å². The number of nitrogens with one attached hydrogen (secondary N) is 1. The quantitative estimate of drug-likeness (QED) is 0.670. The summed E-state index contributed by atoms with van der Waals surface area (Å²) >= 11 is 0. The van der Waals surface area contributed by atoms with Gasteiger partial charge in [0.05, 0.1) is 0 Å². The molecule has 23 heavy (non-hydrogen) atoms. The SMILES string of the molecule is CC(C)[C@H](C)[C@@H]1CNC(=O)C1.CC(C)[C@H](C)[C@H](CN)CC(=O)O.